The van der Waals surface area contributed by atoms with Crippen molar-refractivity contribution in [2.24, 2.45) is 0 Å². The van der Waals surface area contributed by atoms with E-state index >= 15 is 0 Å². The summed E-state index contributed by atoms with van der Waals surface area (Å²) in [7, 11) is 1.94. The molecule has 1 atom stereocenters. The van der Waals surface area contributed by atoms with Crippen molar-refractivity contribution in [2.75, 3.05) is 18.5 Å². The first kappa shape index (κ1) is 14.2. The Balaban J connectivity index is 2.82. The largest absolute Gasteiger partial charge is 0.393 e. The summed E-state index contributed by atoms with van der Waals surface area (Å²) >= 11 is 5.97. The summed E-state index contributed by atoms with van der Waals surface area (Å²) in [5.41, 5.74) is 0. The lowest BCUT2D eigenvalue weighted by atomic mass is 10.2. The third-order valence-corrected chi connectivity index (χ3v) is 2.68. The average Bonchev–Trinajstić information content (AvgIpc) is 2.24. The van der Waals surface area contributed by atoms with Crippen molar-refractivity contribution in [1.82, 2.24) is 9.97 Å². The molecule has 0 bridgehead atoms. The lowest BCUT2D eigenvalue weighted by Gasteiger charge is -2.20. The number of hydrogen-bond donors (Lipinski definition) is 1. The molecule has 96 valence electrons. The van der Waals surface area contributed by atoms with Gasteiger partial charge in [-0.05, 0) is 13.3 Å². The third-order valence-electron chi connectivity index (χ3n) is 2.49. The first-order valence-electron chi connectivity index (χ1n) is 5.83. The molecule has 1 aromatic rings. The molecule has 0 radical (unpaired) electrons. The fourth-order valence-electron chi connectivity index (χ4n) is 1.37. The maximum Gasteiger partial charge on any atom is 0.135 e. The number of halogens is 1. The highest BCUT2D eigenvalue weighted by molar-refractivity contribution is 6.29. The molecule has 0 spiro atoms. The molecule has 1 unspecified atom stereocenters. The van der Waals surface area contributed by atoms with Crippen molar-refractivity contribution < 1.29 is 5.11 Å². The van der Waals surface area contributed by atoms with Gasteiger partial charge in [0.2, 0.25) is 0 Å². The number of aliphatic hydroxyl groups excluding tert-OH is 1. The van der Waals surface area contributed by atoms with Crippen molar-refractivity contribution >= 4 is 17.4 Å². The number of nitrogens with zero attached hydrogens (tertiary/aromatic N) is 3. The Morgan fingerprint density at radius 2 is 2.00 bits per heavy atom. The lowest BCUT2D eigenvalue weighted by molar-refractivity contribution is 0.187. The Kier molecular flexibility index (Phi) is 5.15. The van der Waals surface area contributed by atoms with Crippen molar-refractivity contribution in [3.63, 3.8) is 0 Å². The van der Waals surface area contributed by atoms with Gasteiger partial charge in [0.1, 0.15) is 16.8 Å². The van der Waals surface area contributed by atoms with Gasteiger partial charge in [-0.25, -0.2) is 9.97 Å². The molecule has 1 aromatic heterocycles. The number of aliphatic hydroxyl groups is 1. The highest BCUT2D eigenvalue weighted by atomic mass is 35.5. The third kappa shape index (κ3) is 4.48. The van der Waals surface area contributed by atoms with E-state index in [1.807, 2.05) is 25.8 Å². The van der Waals surface area contributed by atoms with E-state index in [0.717, 1.165) is 18.2 Å². The van der Waals surface area contributed by atoms with E-state index < -0.39 is 0 Å². The molecule has 0 amide bonds. The van der Waals surface area contributed by atoms with Crippen LogP contribution in [0.15, 0.2) is 6.07 Å². The molecular weight excluding hydrogens is 238 g/mol. The minimum Gasteiger partial charge on any atom is -0.393 e. The molecule has 1 rings (SSSR count). The minimum atomic E-state index is -0.306. The van der Waals surface area contributed by atoms with Crippen molar-refractivity contribution in [2.45, 2.75) is 39.2 Å². The Labute approximate surface area is 108 Å². The van der Waals surface area contributed by atoms with E-state index in [2.05, 4.69) is 9.97 Å². The fraction of sp³-hybridized carbons (Fsp3) is 0.667. The Morgan fingerprint density at radius 3 is 2.53 bits per heavy atom. The zero-order valence-electron chi connectivity index (χ0n) is 10.8. The lowest BCUT2D eigenvalue weighted by Crippen LogP contribution is -2.23. The normalized spacial score (nSPS) is 12.9. The van der Waals surface area contributed by atoms with Gasteiger partial charge in [0, 0.05) is 25.6 Å². The van der Waals surface area contributed by atoms with E-state index in [1.165, 1.54) is 0 Å². The Bertz CT molecular complexity index is 369. The molecule has 17 heavy (non-hydrogen) atoms. The predicted octanol–water partition coefficient (Wildman–Crippen LogP) is 2.46. The first-order valence-corrected chi connectivity index (χ1v) is 6.21. The smallest absolute Gasteiger partial charge is 0.135 e. The number of anilines is 1. The van der Waals surface area contributed by atoms with Gasteiger partial charge in [0.05, 0.1) is 6.10 Å². The van der Waals surface area contributed by atoms with Crippen molar-refractivity contribution in [3.8, 4) is 0 Å². The van der Waals surface area contributed by atoms with Gasteiger partial charge in [-0.2, -0.15) is 0 Å². The van der Waals surface area contributed by atoms with Crippen LogP contribution in [-0.2, 0) is 0 Å². The number of aromatic nitrogens is 2. The summed E-state index contributed by atoms with van der Waals surface area (Å²) in [5.74, 6) is 1.79. The Hall–Kier alpha value is -0.870. The van der Waals surface area contributed by atoms with Crippen LogP contribution >= 0.6 is 11.6 Å². The van der Waals surface area contributed by atoms with Crippen molar-refractivity contribution in [1.29, 1.82) is 0 Å². The molecule has 0 saturated carbocycles. The van der Waals surface area contributed by atoms with Crippen LogP contribution in [0.4, 0.5) is 5.82 Å². The van der Waals surface area contributed by atoms with Gasteiger partial charge in [-0.1, -0.05) is 25.4 Å². The van der Waals surface area contributed by atoms with Crippen LogP contribution < -0.4 is 4.90 Å². The maximum atomic E-state index is 9.26. The molecule has 0 fully saturated rings. The van der Waals surface area contributed by atoms with E-state index in [1.54, 1.807) is 13.0 Å². The molecule has 0 aliphatic heterocycles. The summed E-state index contributed by atoms with van der Waals surface area (Å²) in [6.07, 6.45) is 0.397. The molecule has 0 aliphatic carbocycles. The fourth-order valence-corrected chi connectivity index (χ4v) is 1.56. The zero-order valence-corrected chi connectivity index (χ0v) is 11.6. The summed E-state index contributed by atoms with van der Waals surface area (Å²) in [5, 5.41) is 9.72. The molecule has 0 aliphatic rings. The summed E-state index contributed by atoms with van der Waals surface area (Å²) in [6, 6.07) is 1.75. The second-order valence-electron chi connectivity index (χ2n) is 4.62. The van der Waals surface area contributed by atoms with Gasteiger partial charge in [-0.15, -0.1) is 0 Å². The topological polar surface area (TPSA) is 49.2 Å². The minimum absolute atomic E-state index is 0.248. The SMILES string of the molecule is CC(O)CCN(C)c1cc(Cl)nc(C(C)C)n1. The van der Waals surface area contributed by atoms with Crippen LogP contribution in [0.25, 0.3) is 0 Å². The Morgan fingerprint density at radius 1 is 1.35 bits per heavy atom. The first-order chi connectivity index (χ1) is 7.90. The van der Waals surface area contributed by atoms with Gasteiger partial charge in [-0.3, -0.25) is 0 Å². The van der Waals surface area contributed by atoms with E-state index in [4.69, 9.17) is 11.6 Å². The molecule has 0 aromatic carbocycles. The second kappa shape index (κ2) is 6.17. The van der Waals surface area contributed by atoms with E-state index in [-0.39, 0.29) is 12.0 Å². The van der Waals surface area contributed by atoms with Crippen LogP contribution in [0, 0.1) is 0 Å². The molecule has 1 heterocycles. The van der Waals surface area contributed by atoms with Crippen LogP contribution in [0.2, 0.25) is 5.15 Å². The van der Waals surface area contributed by atoms with Crippen LogP contribution in [0.3, 0.4) is 0 Å². The molecule has 4 nitrogen and oxygen atoms in total. The second-order valence-corrected chi connectivity index (χ2v) is 5.01. The number of rotatable bonds is 5. The highest BCUT2D eigenvalue weighted by Crippen LogP contribution is 2.19. The zero-order chi connectivity index (χ0) is 13.0. The predicted molar refractivity (Wildman–Crippen MR) is 70.7 cm³/mol. The summed E-state index contributed by atoms with van der Waals surface area (Å²) in [4.78, 5) is 10.6. The molecular formula is C12H20ClN3O. The van der Waals surface area contributed by atoms with Gasteiger partial charge in [0.15, 0.2) is 0 Å². The van der Waals surface area contributed by atoms with Crippen LogP contribution in [0.1, 0.15) is 38.9 Å². The summed E-state index contributed by atoms with van der Waals surface area (Å²) in [6.45, 7) is 6.58. The van der Waals surface area contributed by atoms with E-state index in [0.29, 0.717) is 11.6 Å². The quantitative estimate of drug-likeness (QED) is 0.824. The van der Waals surface area contributed by atoms with Gasteiger partial charge < -0.3 is 10.0 Å². The highest BCUT2D eigenvalue weighted by Gasteiger charge is 2.10. The molecule has 0 saturated heterocycles. The van der Waals surface area contributed by atoms with Gasteiger partial charge in [0.25, 0.3) is 0 Å². The van der Waals surface area contributed by atoms with E-state index in [9.17, 15) is 5.11 Å². The average molecular weight is 258 g/mol. The van der Waals surface area contributed by atoms with Crippen molar-refractivity contribution in [3.05, 3.63) is 17.0 Å². The van der Waals surface area contributed by atoms with Crippen LogP contribution in [0.5, 0.6) is 0 Å². The molecule has 5 heteroatoms. The standard InChI is InChI=1S/C12H20ClN3O/c1-8(2)12-14-10(13)7-11(15-12)16(4)6-5-9(3)17/h7-9,17H,5-6H2,1-4H3. The van der Waals surface area contributed by atoms with Crippen LogP contribution in [-0.4, -0.2) is 34.8 Å². The summed E-state index contributed by atoms with van der Waals surface area (Å²) < 4.78 is 0. The molecule has 1 N–H and O–H groups in total. The monoisotopic (exact) mass is 257 g/mol. The van der Waals surface area contributed by atoms with Gasteiger partial charge >= 0.3 is 0 Å². The number of hydrogen-bond acceptors (Lipinski definition) is 4. The maximum absolute atomic E-state index is 9.26.